The topological polar surface area (TPSA) is 78.9 Å². The Labute approximate surface area is 142 Å². The first-order chi connectivity index (χ1) is 11.2. The molecule has 0 aromatic heterocycles. The normalized spacial score (nSPS) is 22.2. The first-order valence-electron chi connectivity index (χ1n) is 8.19. The van der Waals surface area contributed by atoms with Crippen molar-refractivity contribution >= 4 is 12.1 Å². The first kappa shape index (κ1) is 18.3. The van der Waals surface area contributed by atoms with Crippen molar-refractivity contribution < 1.29 is 19.4 Å². The minimum atomic E-state index is -0.904. The second kappa shape index (κ2) is 7.21. The minimum absolute atomic E-state index is 0.00311. The zero-order valence-corrected chi connectivity index (χ0v) is 14.7. The molecule has 1 fully saturated rings. The lowest BCUT2D eigenvalue weighted by molar-refractivity contribution is -0.141. The quantitative estimate of drug-likeness (QED) is 0.885. The third kappa shape index (κ3) is 4.71. The molecule has 1 aromatic rings. The number of nitrogens with one attached hydrogen (secondary N) is 1. The summed E-state index contributed by atoms with van der Waals surface area (Å²) in [7, 11) is 0. The molecule has 1 heterocycles. The van der Waals surface area contributed by atoms with E-state index in [1.807, 2.05) is 37.3 Å². The Balaban J connectivity index is 2.05. The number of carbonyl (C=O) groups is 2. The maximum atomic E-state index is 12.2. The highest BCUT2D eigenvalue weighted by Crippen LogP contribution is 2.23. The predicted octanol–water partition coefficient (Wildman–Crippen LogP) is 2.66. The van der Waals surface area contributed by atoms with Crippen LogP contribution in [0, 0.1) is 5.92 Å². The lowest BCUT2D eigenvalue weighted by Crippen LogP contribution is -2.41. The summed E-state index contributed by atoms with van der Waals surface area (Å²) >= 11 is 0. The molecule has 6 nitrogen and oxygen atoms in total. The summed E-state index contributed by atoms with van der Waals surface area (Å²) in [6.07, 6.45) is -0.467. The summed E-state index contributed by atoms with van der Waals surface area (Å²) in [5.74, 6) is -1.55. The van der Waals surface area contributed by atoms with Crippen molar-refractivity contribution in [2.75, 3.05) is 13.1 Å². The van der Waals surface area contributed by atoms with Gasteiger partial charge in [0.05, 0.1) is 5.92 Å². The van der Waals surface area contributed by atoms with Gasteiger partial charge in [0.25, 0.3) is 0 Å². The van der Waals surface area contributed by atoms with Gasteiger partial charge >= 0.3 is 12.1 Å². The smallest absolute Gasteiger partial charge is 0.410 e. The van der Waals surface area contributed by atoms with Gasteiger partial charge in [-0.1, -0.05) is 30.3 Å². The van der Waals surface area contributed by atoms with E-state index >= 15 is 0 Å². The Morgan fingerprint density at radius 3 is 2.42 bits per heavy atom. The van der Waals surface area contributed by atoms with Crippen LogP contribution in [0.15, 0.2) is 30.3 Å². The summed E-state index contributed by atoms with van der Waals surface area (Å²) in [6, 6.07) is 9.51. The number of rotatable bonds is 4. The number of carbonyl (C=O) groups excluding carboxylic acids is 1. The van der Waals surface area contributed by atoms with E-state index in [9.17, 15) is 14.7 Å². The molecule has 2 N–H and O–H groups in total. The van der Waals surface area contributed by atoms with Gasteiger partial charge in [0.1, 0.15) is 5.60 Å². The molecule has 0 unspecified atom stereocenters. The number of hydrogen-bond acceptors (Lipinski definition) is 4. The van der Waals surface area contributed by atoms with E-state index in [1.54, 1.807) is 20.8 Å². The van der Waals surface area contributed by atoms with Crippen LogP contribution in [-0.4, -0.2) is 46.8 Å². The average molecular weight is 334 g/mol. The van der Waals surface area contributed by atoms with Crippen molar-refractivity contribution in [2.45, 2.75) is 45.4 Å². The van der Waals surface area contributed by atoms with Crippen LogP contribution in [0.1, 0.15) is 39.3 Å². The highest BCUT2D eigenvalue weighted by Gasteiger charge is 2.41. The maximum absolute atomic E-state index is 12.2. The van der Waals surface area contributed by atoms with Gasteiger partial charge in [-0.05, 0) is 33.3 Å². The summed E-state index contributed by atoms with van der Waals surface area (Å²) < 4.78 is 5.35. The van der Waals surface area contributed by atoms with Gasteiger partial charge in [-0.3, -0.25) is 4.79 Å². The zero-order chi connectivity index (χ0) is 17.9. The fraction of sp³-hybridized carbons (Fsp3) is 0.556. The Kier molecular flexibility index (Phi) is 5.49. The molecule has 0 bridgehead atoms. The number of likely N-dealkylation sites (tertiary alicyclic amines) is 1. The van der Waals surface area contributed by atoms with Crippen LogP contribution in [0.5, 0.6) is 0 Å². The Morgan fingerprint density at radius 1 is 1.25 bits per heavy atom. The number of hydrogen-bond donors (Lipinski definition) is 2. The first-order valence-corrected chi connectivity index (χ1v) is 8.19. The van der Waals surface area contributed by atoms with Gasteiger partial charge in [0.15, 0.2) is 0 Å². The number of carboxylic acids is 1. The number of benzene rings is 1. The van der Waals surface area contributed by atoms with Gasteiger partial charge in [-0.2, -0.15) is 0 Å². The van der Waals surface area contributed by atoms with Crippen LogP contribution in [-0.2, 0) is 9.53 Å². The molecule has 6 heteroatoms. The fourth-order valence-corrected chi connectivity index (χ4v) is 2.86. The second-order valence-corrected chi connectivity index (χ2v) is 7.24. The van der Waals surface area contributed by atoms with E-state index < -0.39 is 23.6 Å². The van der Waals surface area contributed by atoms with E-state index in [2.05, 4.69) is 5.32 Å². The number of amides is 1. The maximum Gasteiger partial charge on any atom is 0.410 e. The molecule has 1 saturated heterocycles. The van der Waals surface area contributed by atoms with Gasteiger partial charge in [0, 0.05) is 25.2 Å². The molecular formula is C18H26N2O4. The number of ether oxygens (including phenoxy) is 1. The molecule has 1 aliphatic rings. The predicted molar refractivity (Wildman–Crippen MR) is 90.7 cm³/mol. The van der Waals surface area contributed by atoms with Crippen LogP contribution in [0.4, 0.5) is 4.79 Å². The average Bonchev–Trinajstić information content (AvgIpc) is 2.90. The van der Waals surface area contributed by atoms with Crippen LogP contribution in [0.3, 0.4) is 0 Å². The molecule has 1 aromatic carbocycles. The molecule has 0 spiro atoms. The molecule has 0 saturated carbocycles. The van der Waals surface area contributed by atoms with E-state index in [1.165, 1.54) is 4.90 Å². The van der Waals surface area contributed by atoms with Crippen molar-refractivity contribution in [1.82, 2.24) is 10.2 Å². The third-order valence-corrected chi connectivity index (χ3v) is 4.05. The van der Waals surface area contributed by atoms with Gasteiger partial charge in [0.2, 0.25) is 0 Å². The highest BCUT2D eigenvalue weighted by atomic mass is 16.6. The standard InChI is InChI=1S/C18H26N2O4/c1-12(13-8-6-5-7-9-13)19-15-11-20(10-14(15)16(21)22)17(23)24-18(2,3)4/h5-9,12,14-15,19H,10-11H2,1-4H3,(H,21,22)/t12-,14-,15-/m1/s1. The summed E-state index contributed by atoms with van der Waals surface area (Å²) in [5, 5.41) is 12.8. The van der Waals surface area contributed by atoms with Crippen molar-refractivity contribution in [3.05, 3.63) is 35.9 Å². The summed E-state index contributed by atoms with van der Waals surface area (Å²) in [5.41, 5.74) is 0.482. The van der Waals surface area contributed by atoms with E-state index in [0.29, 0.717) is 6.54 Å². The van der Waals surface area contributed by atoms with Gasteiger partial charge in [-0.25, -0.2) is 4.79 Å². The Bertz CT molecular complexity index is 582. The monoisotopic (exact) mass is 334 g/mol. The van der Waals surface area contributed by atoms with Crippen molar-refractivity contribution in [3.8, 4) is 0 Å². The summed E-state index contributed by atoms with van der Waals surface area (Å²) in [4.78, 5) is 25.2. The van der Waals surface area contributed by atoms with E-state index in [-0.39, 0.29) is 18.6 Å². The van der Waals surface area contributed by atoms with Crippen LogP contribution < -0.4 is 5.32 Å². The molecule has 24 heavy (non-hydrogen) atoms. The van der Waals surface area contributed by atoms with Crippen LogP contribution in [0.2, 0.25) is 0 Å². The van der Waals surface area contributed by atoms with Crippen LogP contribution in [0.25, 0.3) is 0 Å². The van der Waals surface area contributed by atoms with E-state index in [4.69, 9.17) is 4.74 Å². The molecule has 0 aliphatic carbocycles. The van der Waals surface area contributed by atoms with E-state index in [0.717, 1.165) is 5.56 Å². The fourth-order valence-electron chi connectivity index (χ4n) is 2.86. The molecule has 2 rings (SSSR count). The SMILES string of the molecule is C[C@@H](N[C@@H]1CN(C(=O)OC(C)(C)C)C[C@H]1C(=O)O)c1ccccc1. The highest BCUT2D eigenvalue weighted by molar-refractivity contribution is 5.75. The van der Waals surface area contributed by atoms with Crippen molar-refractivity contribution in [1.29, 1.82) is 0 Å². The van der Waals surface area contributed by atoms with Gasteiger partial charge < -0.3 is 20.1 Å². The lowest BCUT2D eigenvalue weighted by Gasteiger charge is -2.25. The van der Waals surface area contributed by atoms with Crippen LogP contribution >= 0.6 is 0 Å². The number of aliphatic carboxylic acids is 1. The number of nitrogens with zero attached hydrogens (tertiary/aromatic N) is 1. The molecular weight excluding hydrogens is 308 g/mol. The lowest BCUT2D eigenvalue weighted by atomic mass is 10.0. The number of carboxylic acid groups (broad SMARTS) is 1. The second-order valence-electron chi connectivity index (χ2n) is 7.24. The molecule has 1 amide bonds. The Morgan fingerprint density at radius 2 is 1.88 bits per heavy atom. The zero-order valence-electron chi connectivity index (χ0n) is 14.7. The van der Waals surface area contributed by atoms with Crippen molar-refractivity contribution in [2.24, 2.45) is 5.92 Å². The van der Waals surface area contributed by atoms with Crippen molar-refractivity contribution in [3.63, 3.8) is 0 Å². The third-order valence-electron chi connectivity index (χ3n) is 4.05. The van der Waals surface area contributed by atoms with Gasteiger partial charge in [-0.15, -0.1) is 0 Å². The minimum Gasteiger partial charge on any atom is -0.481 e. The molecule has 1 aliphatic heterocycles. The Hall–Kier alpha value is -2.08. The molecule has 132 valence electrons. The summed E-state index contributed by atoms with van der Waals surface area (Å²) in [6.45, 7) is 7.85. The largest absolute Gasteiger partial charge is 0.481 e. The molecule has 0 radical (unpaired) electrons. The molecule has 3 atom stereocenters.